The Hall–Kier alpha value is -3.95. The molecule has 0 radical (unpaired) electrons. The molecule has 11 heteroatoms. The summed E-state index contributed by atoms with van der Waals surface area (Å²) in [6, 6.07) is 16.7. The Labute approximate surface area is 198 Å². The van der Waals surface area contributed by atoms with Crippen LogP contribution in [0.2, 0.25) is 10.0 Å². The highest BCUT2D eigenvalue weighted by atomic mass is 35.5. The zero-order chi connectivity index (χ0) is 23.8. The number of hydrazone groups is 1. The van der Waals surface area contributed by atoms with Crippen molar-refractivity contribution < 1.29 is 19.2 Å². The number of nitro benzene ring substituents is 1. The van der Waals surface area contributed by atoms with Gasteiger partial charge in [0, 0.05) is 23.4 Å². The first-order chi connectivity index (χ1) is 15.8. The highest BCUT2D eigenvalue weighted by Crippen LogP contribution is 2.25. The fourth-order valence-corrected chi connectivity index (χ4v) is 2.89. The quantitative estimate of drug-likeness (QED) is 0.271. The number of amides is 2. The molecule has 2 N–H and O–H groups in total. The first-order valence-corrected chi connectivity index (χ1v) is 10.1. The third-order valence-electron chi connectivity index (χ3n) is 4.13. The number of halogens is 2. The van der Waals surface area contributed by atoms with Crippen LogP contribution in [0.3, 0.4) is 0 Å². The molecule has 9 nitrogen and oxygen atoms in total. The Morgan fingerprint density at radius 2 is 1.82 bits per heavy atom. The molecule has 3 rings (SSSR count). The summed E-state index contributed by atoms with van der Waals surface area (Å²) in [7, 11) is 0. The van der Waals surface area contributed by atoms with Crippen LogP contribution in [-0.2, 0) is 4.79 Å². The highest BCUT2D eigenvalue weighted by molar-refractivity contribution is 6.42. The lowest BCUT2D eigenvalue weighted by atomic mass is 10.2. The van der Waals surface area contributed by atoms with Crippen molar-refractivity contribution in [1.82, 2.24) is 5.43 Å². The Bertz CT molecular complexity index is 1230. The van der Waals surface area contributed by atoms with Gasteiger partial charge >= 0.3 is 0 Å². The van der Waals surface area contributed by atoms with Crippen molar-refractivity contribution in [2.24, 2.45) is 5.10 Å². The Kier molecular flexibility index (Phi) is 7.96. The maximum atomic E-state index is 12.1. The van der Waals surface area contributed by atoms with Crippen LogP contribution in [-0.4, -0.2) is 29.6 Å². The second-order valence-electron chi connectivity index (χ2n) is 6.54. The maximum Gasteiger partial charge on any atom is 0.271 e. The van der Waals surface area contributed by atoms with E-state index in [9.17, 15) is 19.7 Å². The molecule has 0 unspecified atom stereocenters. The van der Waals surface area contributed by atoms with Gasteiger partial charge in [-0.25, -0.2) is 5.43 Å². The summed E-state index contributed by atoms with van der Waals surface area (Å²) >= 11 is 11.8. The number of rotatable bonds is 8. The molecule has 3 aromatic rings. The summed E-state index contributed by atoms with van der Waals surface area (Å²) in [5.74, 6) is -0.578. The molecule has 168 valence electrons. The van der Waals surface area contributed by atoms with Crippen LogP contribution in [0.1, 0.15) is 15.9 Å². The van der Waals surface area contributed by atoms with E-state index in [0.29, 0.717) is 27.0 Å². The van der Waals surface area contributed by atoms with Gasteiger partial charge < -0.3 is 10.1 Å². The average molecular weight is 487 g/mol. The molecule has 0 aliphatic carbocycles. The van der Waals surface area contributed by atoms with Crippen molar-refractivity contribution in [3.8, 4) is 5.75 Å². The topological polar surface area (TPSA) is 123 Å². The number of nitrogens with one attached hydrogen (secondary N) is 2. The number of carbonyl (C=O) groups excluding carboxylic acids is 2. The fourth-order valence-electron chi connectivity index (χ4n) is 2.60. The van der Waals surface area contributed by atoms with E-state index in [0.717, 1.165) is 6.07 Å². The predicted octanol–water partition coefficient (Wildman–Crippen LogP) is 4.68. The van der Waals surface area contributed by atoms with Crippen LogP contribution in [0.5, 0.6) is 5.75 Å². The van der Waals surface area contributed by atoms with Crippen molar-refractivity contribution >= 4 is 52.6 Å². The van der Waals surface area contributed by atoms with Gasteiger partial charge in [0.2, 0.25) is 0 Å². The number of ether oxygens (including phenoxy) is 1. The molecule has 2 amide bonds. The van der Waals surface area contributed by atoms with Gasteiger partial charge in [-0.05, 0) is 42.0 Å². The van der Waals surface area contributed by atoms with Crippen LogP contribution in [0.15, 0.2) is 71.8 Å². The molecule has 0 saturated heterocycles. The van der Waals surface area contributed by atoms with Crippen molar-refractivity contribution in [2.45, 2.75) is 0 Å². The lowest BCUT2D eigenvalue weighted by molar-refractivity contribution is -0.384. The number of hydrogen-bond donors (Lipinski definition) is 2. The van der Waals surface area contributed by atoms with E-state index in [2.05, 4.69) is 15.8 Å². The van der Waals surface area contributed by atoms with Gasteiger partial charge in [-0.3, -0.25) is 19.7 Å². The minimum absolute atomic E-state index is 0.103. The van der Waals surface area contributed by atoms with E-state index in [1.807, 2.05) is 0 Å². The third-order valence-corrected chi connectivity index (χ3v) is 4.87. The third kappa shape index (κ3) is 7.03. The summed E-state index contributed by atoms with van der Waals surface area (Å²) in [6.07, 6.45) is 1.37. The Morgan fingerprint density at radius 1 is 1.03 bits per heavy atom. The minimum atomic E-state index is -0.596. The summed E-state index contributed by atoms with van der Waals surface area (Å²) in [5, 5.41) is 18.0. The van der Waals surface area contributed by atoms with Gasteiger partial charge in [0.25, 0.3) is 17.5 Å². The van der Waals surface area contributed by atoms with Gasteiger partial charge in [-0.1, -0.05) is 41.4 Å². The van der Waals surface area contributed by atoms with Crippen LogP contribution < -0.4 is 15.5 Å². The van der Waals surface area contributed by atoms with E-state index < -0.39 is 16.7 Å². The second kappa shape index (κ2) is 11.1. The number of hydrogen-bond acceptors (Lipinski definition) is 6. The predicted molar refractivity (Wildman–Crippen MR) is 125 cm³/mol. The van der Waals surface area contributed by atoms with Crippen molar-refractivity contribution in [2.75, 3.05) is 11.9 Å². The number of nitro groups is 1. The fraction of sp³-hybridized carbons (Fsp3) is 0.0455. The van der Waals surface area contributed by atoms with E-state index >= 15 is 0 Å². The summed E-state index contributed by atoms with van der Waals surface area (Å²) < 4.78 is 5.48. The lowest BCUT2D eigenvalue weighted by Gasteiger charge is -2.08. The average Bonchev–Trinajstić information content (AvgIpc) is 2.80. The highest BCUT2D eigenvalue weighted by Gasteiger charge is 2.11. The minimum Gasteiger partial charge on any atom is -0.484 e. The molecule has 3 aromatic carbocycles. The molecular weight excluding hydrogens is 471 g/mol. The molecule has 0 aromatic heterocycles. The van der Waals surface area contributed by atoms with Crippen LogP contribution >= 0.6 is 23.2 Å². The van der Waals surface area contributed by atoms with E-state index in [1.165, 1.54) is 30.5 Å². The van der Waals surface area contributed by atoms with Crippen LogP contribution in [0, 0.1) is 10.1 Å². The lowest BCUT2D eigenvalue weighted by Crippen LogP contribution is -2.20. The molecule has 0 bridgehead atoms. The monoisotopic (exact) mass is 486 g/mol. The van der Waals surface area contributed by atoms with Crippen LogP contribution in [0.4, 0.5) is 11.4 Å². The number of anilines is 1. The van der Waals surface area contributed by atoms with Crippen LogP contribution in [0.25, 0.3) is 0 Å². The Balaban J connectivity index is 1.53. The van der Waals surface area contributed by atoms with Gasteiger partial charge in [0.15, 0.2) is 6.61 Å². The van der Waals surface area contributed by atoms with E-state index in [1.54, 1.807) is 36.4 Å². The second-order valence-corrected chi connectivity index (χ2v) is 7.36. The maximum absolute atomic E-state index is 12.1. The molecule has 0 atom stereocenters. The summed E-state index contributed by atoms with van der Waals surface area (Å²) in [4.78, 5) is 34.4. The van der Waals surface area contributed by atoms with Crippen molar-refractivity contribution in [1.29, 1.82) is 0 Å². The first-order valence-electron chi connectivity index (χ1n) is 9.37. The van der Waals surface area contributed by atoms with Gasteiger partial charge in [0.05, 0.1) is 21.2 Å². The molecule has 0 aliphatic heterocycles. The zero-order valence-electron chi connectivity index (χ0n) is 16.8. The summed E-state index contributed by atoms with van der Waals surface area (Å²) in [6.45, 7) is -0.246. The molecule has 0 fully saturated rings. The number of nitrogens with zero attached hydrogens (tertiary/aromatic N) is 2. The van der Waals surface area contributed by atoms with Gasteiger partial charge in [-0.2, -0.15) is 5.10 Å². The molecule has 0 spiro atoms. The van der Waals surface area contributed by atoms with Crippen molar-refractivity contribution in [3.05, 3.63) is 98.0 Å². The smallest absolute Gasteiger partial charge is 0.271 e. The molecule has 0 saturated carbocycles. The Morgan fingerprint density at radius 3 is 2.58 bits per heavy atom. The number of carbonyl (C=O) groups is 2. The normalized spacial score (nSPS) is 10.6. The largest absolute Gasteiger partial charge is 0.484 e. The molecular formula is C22H16Cl2N4O5. The number of benzene rings is 3. The zero-order valence-corrected chi connectivity index (χ0v) is 18.3. The number of non-ortho nitro benzene ring substituents is 1. The molecule has 0 aliphatic rings. The molecule has 0 heterocycles. The van der Waals surface area contributed by atoms with E-state index in [4.69, 9.17) is 27.9 Å². The van der Waals surface area contributed by atoms with Gasteiger partial charge in [-0.15, -0.1) is 0 Å². The first kappa shape index (κ1) is 23.7. The van der Waals surface area contributed by atoms with Crippen molar-refractivity contribution in [3.63, 3.8) is 0 Å². The molecule has 33 heavy (non-hydrogen) atoms. The van der Waals surface area contributed by atoms with E-state index in [-0.39, 0.29) is 17.9 Å². The van der Waals surface area contributed by atoms with Gasteiger partial charge in [0.1, 0.15) is 5.75 Å². The standard InChI is InChI=1S/C22H16Cl2N4O5/c23-19-8-7-16(11-20(19)24)26-21(29)13-33-18-6-1-3-14(9-18)12-25-27-22(30)15-4-2-5-17(10-15)28(31)32/h1-12H,13H2,(H,26,29)(H,27,30)/b25-12+. The SMILES string of the molecule is O=C(COc1cccc(/C=N/NC(=O)c2cccc([N+](=O)[O-])c2)c1)Nc1ccc(Cl)c(Cl)c1. The summed E-state index contributed by atoms with van der Waals surface area (Å²) in [5.41, 5.74) is 3.29.